The molecule has 18 heavy (non-hydrogen) atoms. The Balaban J connectivity index is 2.96. The summed E-state index contributed by atoms with van der Waals surface area (Å²) >= 11 is 3.36. The fourth-order valence-electron chi connectivity index (χ4n) is 1.74. The molecule has 1 atom stereocenters. The van der Waals surface area contributed by atoms with Gasteiger partial charge in [0, 0.05) is 16.1 Å². The molecule has 102 valence electrons. The molecule has 0 amide bonds. The molecule has 0 aromatic heterocycles. The minimum atomic E-state index is -0.201. The van der Waals surface area contributed by atoms with Crippen molar-refractivity contribution in [3.8, 4) is 0 Å². The number of hydrazine groups is 1. The van der Waals surface area contributed by atoms with Crippen molar-refractivity contribution < 1.29 is 4.39 Å². The maximum Gasteiger partial charge on any atom is 0.126 e. The van der Waals surface area contributed by atoms with E-state index in [0.717, 1.165) is 4.47 Å². The van der Waals surface area contributed by atoms with Crippen LogP contribution in [0.5, 0.6) is 0 Å². The van der Waals surface area contributed by atoms with Crippen LogP contribution in [0, 0.1) is 5.82 Å². The van der Waals surface area contributed by atoms with Crippen molar-refractivity contribution in [3.63, 3.8) is 0 Å². The van der Waals surface area contributed by atoms with E-state index in [0.29, 0.717) is 12.0 Å². The van der Waals surface area contributed by atoms with Gasteiger partial charge in [0.25, 0.3) is 0 Å². The molecular formula is C13H21BrFN3. The van der Waals surface area contributed by atoms with Gasteiger partial charge in [-0.2, -0.15) is 0 Å². The van der Waals surface area contributed by atoms with Crippen LogP contribution in [0.3, 0.4) is 0 Å². The van der Waals surface area contributed by atoms with Gasteiger partial charge in [0.1, 0.15) is 5.82 Å². The monoisotopic (exact) mass is 317 g/mol. The molecule has 1 aromatic rings. The van der Waals surface area contributed by atoms with Crippen LogP contribution >= 0.6 is 15.9 Å². The molecule has 1 rings (SSSR count). The van der Waals surface area contributed by atoms with Crippen molar-refractivity contribution in [2.24, 2.45) is 5.84 Å². The van der Waals surface area contributed by atoms with Gasteiger partial charge in [-0.15, -0.1) is 0 Å². The molecule has 0 spiro atoms. The molecule has 3 N–H and O–H groups in total. The zero-order valence-corrected chi connectivity index (χ0v) is 12.9. The molecule has 1 unspecified atom stereocenters. The number of benzene rings is 1. The lowest BCUT2D eigenvalue weighted by molar-refractivity contribution is 0.137. The standard InChI is InChI=1S/C13H21BrFN3/c1-13(2,18(3)4)12(17-16)8-9-7-10(14)5-6-11(9)15/h5-7,12,17H,8,16H2,1-4H3. The smallest absolute Gasteiger partial charge is 0.126 e. The van der Waals surface area contributed by atoms with Crippen molar-refractivity contribution in [2.75, 3.05) is 14.1 Å². The summed E-state index contributed by atoms with van der Waals surface area (Å²) in [5.41, 5.74) is 3.27. The van der Waals surface area contributed by atoms with Crippen molar-refractivity contribution in [2.45, 2.75) is 31.8 Å². The predicted octanol–water partition coefficient (Wildman–Crippen LogP) is 2.30. The number of nitrogens with two attached hydrogens (primary N) is 1. The number of likely N-dealkylation sites (N-methyl/N-ethyl adjacent to an activating group) is 1. The Morgan fingerprint density at radius 3 is 2.56 bits per heavy atom. The summed E-state index contributed by atoms with van der Waals surface area (Å²) in [7, 11) is 3.98. The topological polar surface area (TPSA) is 41.3 Å². The lowest BCUT2D eigenvalue weighted by atomic mass is 9.88. The summed E-state index contributed by atoms with van der Waals surface area (Å²) in [6.45, 7) is 4.15. The molecule has 0 heterocycles. The SMILES string of the molecule is CN(C)C(C)(C)C(Cc1cc(Br)ccc1F)NN. The van der Waals surface area contributed by atoms with Gasteiger partial charge in [0.05, 0.1) is 0 Å². The Kier molecular flexibility index (Phi) is 5.28. The Morgan fingerprint density at radius 1 is 1.44 bits per heavy atom. The summed E-state index contributed by atoms with van der Waals surface area (Å²) in [5, 5.41) is 0. The van der Waals surface area contributed by atoms with Crippen LogP contribution in [0.25, 0.3) is 0 Å². The molecule has 0 bridgehead atoms. The fourth-order valence-corrected chi connectivity index (χ4v) is 2.15. The van der Waals surface area contributed by atoms with E-state index in [9.17, 15) is 4.39 Å². The van der Waals surface area contributed by atoms with Gasteiger partial charge in [-0.25, -0.2) is 4.39 Å². The third-order valence-electron chi connectivity index (χ3n) is 3.64. The molecule has 5 heteroatoms. The van der Waals surface area contributed by atoms with E-state index in [2.05, 4.69) is 40.1 Å². The highest BCUT2D eigenvalue weighted by molar-refractivity contribution is 9.10. The zero-order chi connectivity index (χ0) is 13.9. The molecule has 0 saturated heterocycles. The summed E-state index contributed by atoms with van der Waals surface area (Å²) in [4.78, 5) is 2.08. The van der Waals surface area contributed by atoms with E-state index in [1.54, 1.807) is 12.1 Å². The third kappa shape index (κ3) is 3.51. The van der Waals surface area contributed by atoms with Gasteiger partial charge in [-0.05, 0) is 58.1 Å². The molecule has 0 radical (unpaired) electrons. The van der Waals surface area contributed by atoms with E-state index < -0.39 is 0 Å². The Bertz CT molecular complexity index is 407. The number of nitrogens with zero attached hydrogens (tertiary/aromatic N) is 1. The second-order valence-electron chi connectivity index (χ2n) is 5.21. The maximum atomic E-state index is 13.8. The number of hydrogen-bond acceptors (Lipinski definition) is 3. The van der Waals surface area contributed by atoms with Crippen LogP contribution in [0.4, 0.5) is 4.39 Å². The number of halogens is 2. The first kappa shape index (κ1) is 15.6. The van der Waals surface area contributed by atoms with E-state index in [-0.39, 0.29) is 17.4 Å². The Hall–Kier alpha value is -0.490. The molecule has 0 aliphatic carbocycles. The molecule has 0 aliphatic heterocycles. The van der Waals surface area contributed by atoms with E-state index in [1.165, 1.54) is 6.07 Å². The molecule has 0 fully saturated rings. The largest absolute Gasteiger partial charge is 0.303 e. The maximum absolute atomic E-state index is 13.8. The summed E-state index contributed by atoms with van der Waals surface area (Å²) < 4.78 is 14.6. The first-order valence-corrected chi connectivity index (χ1v) is 6.65. The lowest BCUT2D eigenvalue weighted by Crippen LogP contribution is -2.58. The van der Waals surface area contributed by atoms with Crippen LogP contribution in [-0.4, -0.2) is 30.6 Å². The van der Waals surface area contributed by atoms with Crippen molar-refractivity contribution >= 4 is 15.9 Å². The Morgan fingerprint density at radius 2 is 2.06 bits per heavy atom. The second kappa shape index (κ2) is 6.10. The average Bonchev–Trinajstić information content (AvgIpc) is 2.29. The van der Waals surface area contributed by atoms with Crippen molar-refractivity contribution in [1.82, 2.24) is 10.3 Å². The lowest BCUT2D eigenvalue weighted by Gasteiger charge is -2.40. The van der Waals surface area contributed by atoms with Gasteiger partial charge in [0.15, 0.2) is 0 Å². The quantitative estimate of drug-likeness (QED) is 0.647. The van der Waals surface area contributed by atoms with Crippen LogP contribution in [0.1, 0.15) is 19.4 Å². The summed E-state index contributed by atoms with van der Waals surface area (Å²) in [6, 6.07) is 4.92. The molecule has 1 aromatic carbocycles. The summed E-state index contributed by atoms with van der Waals surface area (Å²) in [6.07, 6.45) is 0.535. The van der Waals surface area contributed by atoms with Crippen LogP contribution in [0.2, 0.25) is 0 Å². The second-order valence-corrected chi connectivity index (χ2v) is 6.12. The van der Waals surface area contributed by atoms with Crippen LogP contribution < -0.4 is 11.3 Å². The number of hydrogen-bond donors (Lipinski definition) is 2. The van der Waals surface area contributed by atoms with E-state index in [1.807, 2.05) is 14.1 Å². The average molecular weight is 318 g/mol. The minimum Gasteiger partial charge on any atom is -0.303 e. The van der Waals surface area contributed by atoms with Crippen LogP contribution in [0.15, 0.2) is 22.7 Å². The summed E-state index contributed by atoms with van der Waals surface area (Å²) in [5.74, 6) is 5.42. The normalized spacial score (nSPS) is 14.0. The first-order chi connectivity index (χ1) is 8.28. The molecule has 3 nitrogen and oxygen atoms in total. The molecule has 0 saturated carbocycles. The molecule has 0 aliphatic rings. The van der Waals surface area contributed by atoms with Gasteiger partial charge >= 0.3 is 0 Å². The number of rotatable bonds is 5. The Labute approximate surface area is 117 Å². The van der Waals surface area contributed by atoms with Gasteiger partial charge < -0.3 is 4.90 Å². The van der Waals surface area contributed by atoms with Gasteiger partial charge in [-0.1, -0.05) is 15.9 Å². The van der Waals surface area contributed by atoms with Crippen molar-refractivity contribution in [3.05, 3.63) is 34.1 Å². The fraction of sp³-hybridized carbons (Fsp3) is 0.538. The highest BCUT2D eigenvalue weighted by atomic mass is 79.9. The zero-order valence-electron chi connectivity index (χ0n) is 11.3. The van der Waals surface area contributed by atoms with Gasteiger partial charge in [0.2, 0.25) is 0 Å². The van der Waals surface area contributed by atoms with Gasteiger partial charge in [-0.3, -0.25) is 11.3 Å². The predicted molar refractivity (Wildman–Crippen MR) is 76.7 cm³/mol. The van der Waals surface area contributed by atoms with Crippen LogP contribution in [-0.2, 0) is 6.42 Å². The number of nitrogens with one attached hydrogen (secondary N) is 1. The highest BCUT2D eigenvalue weighted by Crippen LogP contribution is 2.22. The van der Waals surface area contributed by atoms with E-state index >= 15 is 0 Å². The third-order valence-corrected chi connectivity index (χ3v) is 4.13. The first-order valence-electron chi connectivity index (χ1n) is 5.86. The van der Waals surface area contributed by atoms with E-state index in [4.69, 9.17) is 5.84 Å². The molecular weight excluding hydrogens is 297 g/mol. The highest BCUT2D eigenvalue weighted by Gasteiger charge is 2.31. The minimum absolute atomic E-state index is 0.0451. The van der Waals surface area contributed by atoms with Crippen molar-refractivity contribution in [1.29, 1.82) is 0 Å².